The van der Waals surface area contributed by atoms with E-state index in [-0.39, 0.29) is 0 Å². The molecule has 24 heavy (non-hydrogen) atoms. The number of hydrogen-bond acceptors (Lipinski definition) is 0. The maximum Gasteiger partial charge on any atom is 0.0530 e. The Kier molecular flexibility index (Phi) is 3.02. The lowest BCUT2D eigenvalue weighted by Gasteiger charge is -2.15. The molecule has 0 bridgehead atoms. The molecule has 1 heteroatoms. The molecule has 0 saturated carbocycles. The molecule has 0 amide bonds. The topological polar surface area (TPSA) is 4.93 Å². The van der Waals surface area contributed by atoms with Crippen molar-refractivity contribution < 1.29 is 0 Å². The molecule has 1 aromatic heterocycles. The highest BCUT2D eigenvalue weighted by Gasteiger charge is 2.33. The van der Waals surface area contributed by atoms with E-state index in [1.165, 1.54) is 40.6 Å². The minimum atomic E-state index is 0.518. The van der Waals surface area contributed by atoms with Gasteiger partial charge in [-0.15, -0.1) is 0 Å². The first kappa shape index (κ1) is 13.9. The maximum absolute atomic E-state index is 2.39. The highest BCUT2D eigenvalue weighted by molar-refractivity contribution is 5.96. The maximum atomic E-state index is 2.39. The van der Waals surface area contributed by atoms with Gasteiger partial charge in [-0.05, 0) is 36.0 Å². The molecule has 1 atom stereocenters. The number of para-hydroxylation sites is 1. The zero-order valence-corrected chi connectivity index (χ0v) is 13.9. The average molecular weight is 311 g/mol. The molecule has 2 aliphatic rings. The van der Waals surface area contributed by atoms with Crippen molar-refractivity contribution in [2.24, 2.45) is 13.0 Å². The second kappa shape index (κ2) is 5.24. The highest BCUT2D eigenvalue weighted by Crippen LogP contribution is 2.51. The fraction of sp³-hybridized carbons (Fsp3) is 0.217. The second-order valence-corrected chi connectivity index (χ2v) is 6.99. The van der Waals surface area contributed by atoms with Crippen LogP contribution in [0.2, 0.25) is 0 Å². The van der Waals surface area contributed by atoms with Gasteiger partial charge in [-0.2, -0.15) is 0 Å². The van der Waals surface area contributed by atoms with E-state index in [1.807, 2.05) is 0 Å². The Morgan fingerprint density at radius 3 is 2.50 bits per heavy atom. The van der Waals surface area contributed by atoms with Crippen LogP contribution < -0.4 is 0 Å². The molecule has 118 valence electrons. The third-order valence-electron chi connectivity index (χ3n) is 5.70. The molecular weight excluding hydrogens is 290 g/mol. The minimum absolute atomic E-state index is 0.518. The fourth-order valence-electron chi connectivity index (χ4n) is 4.60. The first-order valence-electron chi connectivity index (χ1n) is 8.86. The van der Waals surface area contributed by atoms with Crippen LogP contribution in [0.3, 0.4) is 0 Å². The molecule has 0 saturated heterocycles. The zero-order valence-electron chi connectivity index (χ0n) is 13.9. The summed E-state index contributed by atoms with van der Waals surface area (Å²) in [5.74, 6) is 1.13. The van der Waals surface area contributed by atoms with Gasteiger partial charge < -0.3 is 4.57 Å². The van der Waals surface area contributed by atoms with Gasteiger partial charge >= 0.3 is 0 Å². The smallest absolute Gasteiger partial charge is 0.0530 e. The lowest BCUT2D eigenvalue weighted by molar-refractivity contribution is 0.617. The van der Waals surface area contributed by atoms with Crippen molar-refractivity contribution in [3.05, 3.63) is 84.0 Å². The van der Waals surface area contributed by atoms with E-state index in [9.17, 15) is 0 Å². The van der Waals surface area contributed by atoms with Gasteiger partial charge in [0, 0.05) is 29.4 Å². The third kappa shape index (κ3) is 1.88. The summed E-state index contributed by atoms with van der Waals surface area (Å²) in [5, 5.41) is 1.42. The van der Waals surface area contributed by atoms with Crippen LogP contribution in [0.1, 0.15) is 29.9 Å². The Morgan fingerprint density at radius 2 is 1.62 bits per heavy atom. The van der Waals surface area contributed by atoms with Crippen molar-refractivity contribution in [2.45, 2.75) is 18.8 Å². The van der Waals surface area contributed by atoms with Crippen LogP contribution in [-0.4, -0.2) is 4.57 Å². The molecular formula is C23H21N. The zero-order chi connectivity index (χ0) is 16.1. The van der Waals surface area contributed by atoms with E-state index in [0.717, 1.165) is 0 Å². The minimum Gasteiger partial charge on any atom is -0.343 e. The van der Waals surface area contributed by atoms with Crippen molar-refractivity contribution in [2.75, 3.05) is 0 Å². The van der Waals surface area contributed by atoms with Gasteiger partial charge in [0.25, 0.3) is 0 Å². The summed E-state index contributed by atoms with van der Waals surface area (Å²) in [6.45, 7) is 0. The number of benzene rings is 2. The number of rotatable bonds is 3. The van der Waals surface area contributed by atoms with Crippen LogP contribution >= 0.6 is 0 Å². The summed E-state index contributed by atoms with van der Waals surface area (Å²) >= 11 is 0. The standard InChI is InChI=1S/C23H21N/c1-24-21-13-7-6-12-20(21)22-18(15-14-16-8-2-3-9-16)17-10-4-5-11-19(17)23(22)24/h2-13,16,18H,14-15H2,1H3. The van der Waals surface area contributed by atoms with Gasteiger partial charge in [0.05, 0.1) is 5.69 Å². The lowest BCUT2D eigenvalue weighted by atomic mass is 9.88. The quantitative estimate of drug-likeness (QED) is 0.575. The van der Waals surface area contributed by atoms with Gasteiger partial charge in [0.1, 0.15) is 0 Å². The molecule has 2 aliphatic carbocycles. The Bertz CT molecular complexity index is 974. The Hall–Kier alpha value is -2.54. The molecule has 0 aliphatic heterocycles. The molecule has 1 unspecified atom stereocenters. The van der Waals surface area contributed by atoms with Crippen LogP contribution in [0.4, 0.5) is 0 Å². The summed E-state index contributed by atoms with van der Waals surface area (Å²) in [4.78, 5) is 0. The first-order valence-corrected chi connectivity index (χ1v) is 8.86. The van der Waals surface area contributed by atoms with Crippen LogP contribution in [0.25, 0.3) is 22.2 Å². The van der Waals surface area contributed by atoms with Gasteiger partial charge in [-0.1, -0.05) is 66.8 Å². The van der Waals surface area contributed by atoms with Crippen molar-refractivity contribution in [3.63, 3.8) is 0 Å². The van der Waals surface area contributed by atoms with Gasteiger partial charge in [-0.25, -0.2) is 0 Å². The van der Waals surface area contributed by atoms with Crippen molar-refractivity contribution in [3.8, 4) is 11.3 Å². The fourth-order valence-corrected chi connectivity index (χ4v) is 4.60. The van der Waals surface area contributed by atoms with Crippen LogP contribution in [-0.2, 0) is 7.05 Å². The van der Waals surface area contributed by atoms with E-state index >= 15 is 0 Å². The number of allylic oxidation sites excluding steroid dienone is 4. The molecule has 0 fully saturated rings. The molecule has 1 nitrogen and oxygen atoms in total. The number of fused-ring (bicyclic) bond motifs is 5. The summed E-state index contributed by atoms with van der Waals surface area (Å²) in [6, 6.07) is 17.8. The number of nitrogens with zero attached hydrogens (tertiary/aromatic N) is 1. The molecule has 0 spiro atoms. The van der Waals surface area contributed by atoms with Gasteiger partial charge in [0.2, 0.25) is 0 Å². The Labute approximate surface area is 142 Å². The molecule has 0 radical (unpaired) electrons. The molecule has 5 rings (SSSR count). The molecule has 0 N–H and O–H groups in total. The van der Waals surface area contributed by atoms with Gasteiger partial charge in [-0.3, -0.25) is 0 Å². The van der Waals surface area contributed by atoms with E-state index in [0.29, 0.717) is 11.8 Å². The molecule has 3 aromatic rings. The number of aryl methyl sites for hydroxylation is 1. The number of hydrogen-bond donors (Lipinski definition) is 0. The predicted octanol–water partition coefficient (Wildman–Crippen LogP) is 5.81. The summed E-state index contributed by atoms with van der Waals surface area (Å²) in [5.41, 5.74) is 7.25. The molecule has 2 aromatic carbocycles. The molecule has 1 heterocycles. The van der Waals surface area contributed by atoms with Crippen LogP contribution in [0.15, 0.2) is 72.8 Å². The third-order valence-corrected chi connectivity index (χ3v) is 5.70. The van der Waals surface area contributed by atoms with E-state index in [1.54, 1.807) is 5.56 Å². The van der Waals surface area contributed by atoms with Crippen molar-refractivity contribution in [1.29, 1.82) is 0 Å². The van der Waals surface area contributed by atoms with Crippen molar-refractivity contribution in [1.82, 2.24) is 4.57 Å². The van der Waals surface area contributed by atoms with Crippen LogP contribution in [0, 0.1) is 5.92 Å². The van der Waals surface area contributed by atoms with Crippen molar-refractivity contribution >= 4 is 10.9 Å². The lowest BCUT2D eigenvalue weighted by Crippen LogP contribution is -2.00. The Morgan fingerprint density at radius 1 is 0.875 bits per heavy atom. The average Bonchev–Trinajstić information content (AvgIpc) is 3.31. The van der Waals surface area contributed by atoms with E-state index < -0.39 is 0 Å². The number of aromatic nitrogens is 1. The highest BCUT2D eigenvalue weighted by atomic mass is 15.0. The summed E-state index contributed by atoms with van der Waals surface area (Å²) in [7, 11) is 2.21. The monoisotopic (exact) mass is 311 g/mol. The van der Waals surface area contributed by atoms with E-state index in [4.69, 9.17) is 0 Å². The second-order valence-electron chi connectivity index (χ2n) is 6.99. The normalized spacial score (nSPS) is 18.5. The summed E-state index contributed by atoms with van der Waals surface area (Å²) in [6.07, 6.45) is 11.4. The largest absolute Gasteiger partial charge is 0.343 e. The van der Waals surface area contributed by atoms with Gasteiger partial charge in [0.15, 0.2) is 0 Å². The van der Waals surface area contributed by atoms with E-state index in [2.05, 4.69) is 84.4 Å². The summed E-state index contributed by atoms with van der Waals surface area (Å²) < 4.78 is 2.39. The predicted molar refractivity (Wildman–Crippen MR) is 101 cm³/mol. The first-order chi connectivity index (χ1) is 11.8. The SMILES string of the molecule is Cn1c2c(c3ccccc31)C(CCC1C=CC=C1)c1ccccc1-2. The van der Waals surface area contributed by atoms with Crippen LogP contribution in [0.5, 0.6) is 0 Å². The Balaban J connectivity index is 1.66.